The van der Waals surface area contributed by atoms with Crippen molar-refractivity contribution in [2.24, 2.45) is 0 Å². The average molecular weight is 207 g/mol. The molecule has 0 spiro atoms. The highest BCUT2D eigenvalue weighted by Gasteiger charge is 2.26. The van der Waals surface area contributed by atoms with Crippen LogP contribution in [0.5, 0.6) is 0 Å². The van der Waals surface area contributed by atoms with Crippen LogP contribution in [0, 0.1) is 0 Å². The van der Waals surface area contributed by atoms with Crippen molar-refractivity contribution in [1.82, 2.24) is 4.90 Å². The van der Waals surface area contributed by atoms with E-state index in [9.17, 15) is 0 Å². The molecular weight excluding hydrogens is 190 g/mol. The molecule has 0 radical (unpaired) electrons. The number of aryl methyl sites for hydroxylation is 1. The first-order valence-electron chi connectivity index (χ1n) is 5.73. The van der Waals surface area contributed by atoms with Gasteiger partial charge in [0.2, 0.25) is 0 Å². The van der Waals surface area contributed by atoms with Gasteiger partial charge in [-0.25, -0.2) is 0 Å². The van der Waals surface area contributed by atoms with Crippen LogP contribution in [0.4, 0.5) is 0 Å². The molecular formula is C12H17NS. The molecule has 0 N–H and O–H groups in total. The smallest absolute Gasteiger partial charge is 0.0147 e. The average Bonchev–Trinajstić information content (AvgIpc) is 2.88. The molecule has 1 aliphatic heterocycles. The Kier molecular flexibility index (Phi) is 2.34. The summed E-state index contributed by atoms with van der Waals surface area (Å²) >= 11 is 1.96. The molecule has 1 unspecified atom stereocenters. The summed E-state index contributed by atoms with van der Waals surface area (Å²) in [5.74, 6) is 0. The summed E-state index contributed by atoms with van der Waals surface area (Å²) in [5.41, 5.74) is 1.63. The second kappa shape index (κ2) is 3.67. The SMILES string of the molecule is c1cc2c(s1)CC(N1CCCC1)CC2. The maximum absolute atomic E-state index is 2.71. The molecule has 2 heteroatoms. The lowest BCUT2D eigenvalue weighted by Gasteiger charge is -2.30. The molecule has 0 aromatic carbocycles. The molecule has 76 valence electrons. The van der Waals surface area contributed by atoms with Crippen molar-refractivity contribution in [2.45, 2.75) is 38.1 Å². The first kappa shape index (κ1) is 8.93. The molecule has 0 saturated carbocycles. The zero-order chi connectivity index (χ0) is 9.38. The summed E-state index contributed by atoms with van der Waals surface area (Å²) in [4.78, 5) is 4.37. The van der Waals surface area contributed by atoms with Crippen LogP contribution in [0.1, 0.15) is 29.7 Å². The van der Waals surface area contributed by atoms with Gasteiger partial charge >= 0.3 is 0 Å². The van der Waals surface area contributed by atoms with Gasteiger partial charge in [0, 0.05) is 10.9 Å². The van der Waals surface area contributed by atoms with E-state index in [1.807, 2.05) is 11.3 Å². The van der Waals surface area contributed by atoms with Crippen molar-refractivity contribution in [3.05, 3.63) is 21.9 Å². The second-order valence-corrected chi connectivity index (χ2v) is 5.51. The Bertz CT molecular complexity index is 312. The molecule has 2 heterocycles. The Balaban J connectivity index is 1.74. The van der Waals surface area contributed by atoms with Crippen LogP contribution in [-0.4, -0.2) is 24.0 Å². The summed E-state index contributed by atoms with van der Waals surface area (Å²) in [6, 6.07) is 3.18. The zero-order valence-corrected chi connectivity index (χ0v) is 9.35. The molecule has 2 aliphatic rings. The van der Waals surface area contributed by atoms with E-state index < -0.39 is 0 Å². The number of rotatable bonds is 1. The van der Waals surface area contributed by atoms with Crippen molar-refractivity contribution in [2.75, 3.05) is 13.1 Å². The quantitative estimate of drug-likeness (QED) is 0.684. The lowest BCUT2D eigenvalue weighted by Crippen LogP contribution is -2.36. The van der Waals surface area contributed by atoms with Crippen LogP contribution < -0.4 is 0 Å². The third kappa shape index (κ3) is 1.51. The van der Waals surface area contributed by atoms with Crippen LogP contribution in [0.15, 0.2) is 11.4 Å². The van der Waals surface area contributed by atoms with Gasteiger partial charge < -0.3 is 4.90 Å². The second-order valence-electron chi connectivity index (χ2n) is 4.51. The lowest BCUT2D eigenvalue weighted by atomic mass is 9.94. The minimum Gasteiger partial charge on any atom is -0.300 e. The van der Waals surface area contributed by atoms with Crippen LogP contribution in [0.2, 0.25) is 0 Å². The van der Waals surface area contributed by atoms with Crippen molar-refractivity contribution >= 4 is 11.3 Å². The van der Waals surface area contributed by atoms with Crippen molar-refractivity contribution in [3.8, 4) is 0 Å². The highest BCUT2D eigenvalue weighted by molar-refractivity contribution is 7.10. The molecule has 1 saturated heterocycles. The molecule has 1 fully saturated rings. The number of likely N-dealkylation sites (tertiary alicyclic amines) is 1. The van der Waals surface area contributed by atoms with Gasteiger partial charge in [-0.2, -0.15) is 0 Å². The molecule has 1 nitrogen and oxygen atoms in total. The zero-order valence-electron chi connectivity index (χ0n) is 8.54. The fourth-order valence-electron chi connectivity index (χ4n) is 2.83. The highest BCUT2D eigenvalue weighted by Crippen LogP contribution is 2.29. The Labute approximate surface area is 89.7 Å². The molecule has 1 aliphatic carbocycles. The van der Waals surface area contributed by atoms with Crippen molar-refractivity contribution in [3.63, 3.8) is 0 Å². The summed E-state index contributed by atoms with van der Waals surface area (Å²) in [7, 11) is 0. The van der Waals surface area contributed by atoms with Crippen molar-refractivity contribution in [1.29, 1.82) is 0 Å². The van der Waals surface area contributed by atoms with Gasteiger partial charge in [-0.15, -0.1) is 11.3 Å². The van der Waals surface area contributed by atoms with Gasteiger partial charge in [-0.1, -0.05) is 0 Å². The Hall–Kier alpha value is -0.340. The van der Waals surface area contributed by atoms with E-state index >= 15 is 0 Å². The number of hydrogen-bond acceptors (Lipinski definition) is 2. The molecule has 1 atom stereocenters. The van der Waals surface area contributed by atoms with Gasteiger partial charge in [0.25, 0.3) is 0 Å². The van der Waals surface area contributed by atoms with E-state index in [0.717, 1.165) is 6.04 Å². The van der Waals surface area contributed by atoms with Gasteiger partial charge in [-0.3, -0.25) is 0 Å². The maximum atomic E-state index is 2.71. The largest absolute Gasteiger partial charge is 0.300 e. The summed E-state index contributed by atoms with van der Waals surface area (Å²) in [6.07, 6.45) is 6.89. The minimum absolute atomic E-state index is 0.864. The molecule has 0 bridgehead atoms. The normalized spacial score (nSPS) is 27.9. The van der Waals surface area contributed by atoms with Gasteiger partial charge in [0.1, 0.15) is 0 Å². The predicted octanol–water partition coefficient (Wildman–Crippen LogP) is 2.70. The van der Waals surface area contributed by atoms with Crippen LogP contribution in [0.3, 0.4) is 0 Å². The van der Waals surface area contributed by atoms with Crippen molar-refractivity contribution < 1.29 is 0 Å². The summed E-state index contributed by atoms with van der Waals surface area (Å²) in [5, 5.41) is 2.26. The van der Waals surface area contributed by atoms with E-state index in [4.69, 9.17) is 0 Å². The summed E-state index contributed by atoms with van der Waals surface area (Å²) < 4.78 is 0. The van der Waals surface area contributed by atoms with E-state index in [-0.39, 0.29) is 0 Å². The predicted molar refractivity (Wildman–Crippen MR) is 60.9 cm³/mol. The third-order valence-corrected chi connectivity index (χ3v) is 4.65. The van der Waals surface area contributed by atoms with E-state index in [1.54, 1.807) is 10.4 Å². The monoisotopic (exact) mass is 207 g/mol. The number of nitrogens with zero attached hydrogens (tertiary/aromatic N) is 1. The van der Waals surface area contributed by atoms with Crippen LogP contribution in [0.25, 0.3) is 0 Å². The fraction of sp³-hybridized carbons (Fsp3) is 0.667. The van der Waals surface area contributed by atoms with E-state index in [1.165, 1.54) is 45.2 Å². The Morgan fingerprint density at radius 2 is 2.14 bits per heavy atom. The van der Waals surface area contributed by atoms with Gasteiger partial charge in [-0.05, 0) is 62.2 Å². The highest BCUT2D eigenvalue weighted by atomic mass is 32.1. The number of hydrogen-bond donors (Lipinski definition) is 0. The first-order chi connectivity index (χ1) is 6.93. The molecule has 0 amide bonds. The number of thiophene rings is 1. The summed E-state index contributed by atoms with van der Waals surface area (Å²) in [6.45, 7) is 2.71. The first-order valence-corrected chi connectivity index (χ1v) is 6.61. The number of fused-ring (bicyclic) bond motifs is 1. The Morgan fingerprint density at radius 1 is 1.29 bits per heavy atom. The van der Waals surface area contributed by atoms with E-state index in [2.05, 4.69) is 16.3 Å². The van der Waals surface area contributed by atoms with E-state index in [0.29, 0.717) is 0 Å². The Morgan fingerprint density at radius 3 is 3.00 bits per heavy atom. The fourth-order valence-corrected chi connectivity index (χ4v) is 3.83. The minimum atomic E-state index is 0.864. The topological polar surface area (TPSA) is 3.24 Å². The molecule has 1 aromatic heterocycles. The van der Waals surface area contributed by atoms with Gasteiger partial charge in [0.05, 0.1) is 0 Å². The molecule has 1 aromatic rings. The lowest BCUT2D eigenvalue weighted by molar-refractivity contribution is 0.223. The van der Waals surface area contributed by atoms with Gasteiger partial charge in [0.15, 0.2) is 0 Å². The standard InChI is InChI=1S/C12H17NS/c1-2-7-13(6-1)11-4-3-10-5-8-14-12(10)9-11/h5,8,11H,1-4,6-7,9H2. The molecule has 14 heavy (non-hydrogen) atoms. The molecule has 3 rings (SSSR count). The van der Waals surface area contributed by atoms with Crippen LogP contribution in [-0.2, 0) is 12.8 Å². The third-order valence-electron chi connectivity index (χ3n) is 3.66. The van der Waals surface area contributed by atoms with Crippen LogP contribution >= 0.6 is 11.3 Å². The maximum Gasteiger partial charge on any atom is 0.0147 e.